The Balaban J connectivity index is 2.06. The number of benzene rings is 2. The van der Waals surface area contributed by atoms with E-state index in [9.17, 15) is 8.42 Å². The summed E-state index contributed by atoms with van der Waals surface area (Å²) in [5, 5.41) is 0.512. The van der Waals surface area contributed by atoms with Crippen LogP contribution in [-0.4, -0.2) is 46.9 Å². The van der Waals surface area contributed by atoms with Gasteiger partial charge in [0.25, 0.3) is 0 Å². The Morgan fingerprint density at radius 1 is 1.04 bits per heavy atom. The standard InChI is InChI=1S/C18H21Cl2NO4S/c1-21(12-13-4-6-15(24-2)11-17(13)25-3)8-9-26(22,23)18-10-14(19)5-7-16(18)20/h4-7,10-11H,8-9,12H2,1-3H3. The Morgan fingerprint density at radius 2 is 1.77 bits per heavy atom. The minimum absolute atomic E-state index is 0.0575. The van der Waals surface area contributed by atoms with Gasteiger partial charge in [0, 0.05) is 29.7 Å². The van der Waals surface area contributed by atoms with E-state index in [1.54, 1.807) is 26.4 Å². The second-order valence-electron chi connectivity index (χ2n) is 5.81. The summed E-state index contributed by atoms with van der Waals surface area (Å²) >= 11 is 11.9. The molecule has 0 saturated heterocycles. The highest BCUT2D eigenvalue weighted by molar-refractivity contribution is 7.91. The molecule has 26 heavy (non-hydrogen) atoms. The summed E-state index contributed by atoms with van der Waals surface area (Å²) in [5.41, 5.74) is 0.939. The fraction of sp³-hybridized carbons (Fsp3) is 0.333. The lowest BCUT2D eigenvalue weighted by Crippen LogP contribution is -2.25. The molecule has 0 heterocycles. The summed E-state index contributed by atoms with van der Waals surface area (Å²) in [6, 6.07) is 9.97. The first-order chi connectivity index (χ1) is 12.3. The van der Waals surface area contributed by atoms with Crippen LogP contribution in [0.2, 0.25) is 10.0 Å². The molecule has 0 aliphatic carbocycles. The van der Waals surface area contributed by atoms with Gasteiger partial charge in [0.15, 0.2) is 9.84 Å². The van der Waals surface area contributed by atoms with Crippen LogP contribution in [0.15, 0.2) is 41.3 Å². The van der Waals surface area contributed by atoms with Gasteiger partial charge >= 0.3 is 0 Å². The zero-order valence-corrected chi connectivity index (χ0v) is 17.2. The maximum atomic E-state index is 12.6. The molecular weight excluding hydrogens is 397 g/mol. The summed E-state index contributed by atoms with van der Waals surface area (Å²) in [5.74, 6) is 1.32. The summed E-state index contributed by atoms with van der Waals surface area (Å²) in [7, 11) is 1.49. The number of halogens is 2. The van der Waals surface area contributed by atoms with Crippen LogP contribution < -0.4 is 9.47 Å². The molecule has 0 bridgehead atoms. The van der Waals surface area contributed by atoms with Crippen molar-refractivity contribution in [3.63, 3.8) is 0 Å². The molecule has 142 valence electrons. The Kier molecular flexibility index (Phi) is 7.17. The highest BCUT2D eigenvalue weighted by atomic mass is 35.5. The fourth-order valence-electron chi connectivity index (χ4n) is 2.45. The second kappa shape index (κ2) is 8.95. The topological polar surface area (TPSA) is 55.8 Å². The van der Waals surface area contributed by atoms with Gasteiger partial charge in [-0.2, -0.15) is 0 Å². The van der Waals surface area contributed by atoms with E-state index in [0.29, 0.717) is 29.6 Å². The molecule has 0 atom stereocenters. The first kappa shape index (κ1) is 20.8. The van der Waals surface area contributed by atoms with Crippen LogP contribution in [0, 0.1) is 0 Å². The largest absolute Gasteiger partial charge is 0.497 e. The lowest BCUT2D eigenvalue weighted by molar-refractivity contribution is 0.332. The number of methoxy groups -OCH3 is 2. The summed E-state index contributed by atoms with van der Waals surface area (Å²) in [4.78, 5) is 1.96. The van der Waals surface area contributed by atoms with Crippen molar-refractivity contribution < 1.29 is 17.9 Å². The highest BCUT2D eigenvalue weighted by Crippen LogP contribution is 2.27. The first-order valence-electron chi connectivity index (χ1n) is 7.84. The van der Waals surface area contributed by atoms with Gasteiger partial charge in [-0.3, -0.25) is 0 Å². The van der Waals surface area contributed by atoms with Gasteiger partial charge in [0.1, 0.15) is 11.5 Å². The van der Waals surface area contributed by atoms with Crippen molar-refractivity contribution in [1.82, 2.24) is 4.90 Å². The van der Waals surface area contributed by atoms with Gasteiger partial charge in [-0.25, -0.2) is 8.42 Å². The normalized spacial score (nSPS) is 11.6. The van der Waals surface area contributed by atoms with E-state index in [2.05, 4.69) is 0 Å². The molecule has 0 amide bonds. The van der Waals surface area contributed by atoms with Crippen LogP contribution >= 0.6 is 23.2 Å². The van der Waals surface area contributed by atoms with E-state index in [4.69, 9.17) is 32.7 Å². The fourth-order valence-corrected chi connectivity index (χ4v) is 4.60. The molecule has 2 aromatic rings. The van der Waals surface area contributed by atoms with E-state index < -0.39 is 9.84 Å². The molecular formula is C18H21Cl2NO4S. The Hall–Kier alpha value is -1.47. The lowest BCUT2D eigenvalue weighted by Gasteiger charge is -2.19. The quantitative estimate of drug-likeness (QED) is 0.651. The van der Waals surface area contributed by atoms with Crippen LogP contribution in [0.25, 0.3) is 0 Å². The van der Waals surface area contributed by atoms with E-state index in [-0.39, 0.29) is 15.7 Å². The number of rotatable bonds is 8. The molecule has 0 fully saturated rings. The molecule has 0 saturated carbocycles. The number of hydrogen-bond donors (Lipinski definition) is 0. The molecule has 0 aromatic heterocycles. The van der Waals surface area contributed by atoms with Crippen LogP contribution in [-0.2, 0) is 16.4 Å². The average molecular weight is 418 g/mol. The average Bonchev–Trinajstić information content (AvgIpc) is 2.62. The molecule has 0 aliphatic heterocycles. The predicted octanol–water partition coefficient (Wildman–Crippen LogP) is 3.92. The van der Waals surface area contributed by atoms with Crippen LogP contribution in [0.1, 0.15) is 5.56 Å². The number of sulfone groups is 1. The van der Waals surface area contributed by atoms with E-state index >= 15 is 0 Å². The van der Waals surface area contributed by atoms with Crippen molar-refractivity contribution in [1.29, 1.82) is 0 Å². The van der Waals surface area contributed by atoms with Gasteiger partial charge in [-0.1, -0.05) is 29.3 Å². The molecule has 0 unspecified atom stereocenters. The summed E-state index contributed by atoms with van der Waals surface area (Å²) in [6.45, 7) is 0.867. The third-order valence-electron chi connectivity index (χ3n) is 3.90. The van der Waals surface area contributed by atoms with Crippen molar-refractivity contribution in [2.45, 2.75) is 11.4 Å². The second-order valence-corrected chi connectivity index (χ2v) is 8.73. The molecule has 2 rings (SSSR count). The maximum absolute atomic E-state index is 12.6. The Morgan fingerprint density at radius 3 is 2.42 bits per heavy atom. The Bertz CT molecular complexity index is 871. The van der Waals surface area contributed by atoms with Gasteiger partial charge < -0.3 is 14.4 Å². The molecule has 0 radical (unpaired) electrons. The number of ether oxygens (including phenoxy) is 2. The molecule has 8 heteroatoms. The van der Waals surface area contributed by atoms with Crippen LogP contribution in [0.5, 0.6) is 11.5 Å². The van der Waals surface area contributed by atoms with Crippen LogP contribution in [0.4, 0.5) is 0 Å². The van der Waals surface area contributed by atoms with Crippen molar-refractivity contribution in [2.24, 2.45) is 0 Å². The lowest BCUT2D eigenvalue weighted by atomic mass is 10.2. The van der Waals surface area contributed by atoms with Crippen molar-refractivity contribution in [2.75, 3.05) is 33.6 Å². The molecule has 0 aliphatic rings. The minimum atomic E-state index is -3.54. The Labute approximate surface area is 164 Å². The van der Waals surface area contributed by atoms with Gasteiger partial charge in [0.2, 0.25) is 0 Å². The van der Waals surface area contributed by atoms with E-state index in [0.717, 1.165) is 5.56 Å². The minimum Gasteiger partial charge on any atom is -0.497 e. The smallest absolute Gasteiger partial charge is 0.181 e. The maximum Gasteiger partial charge on any atom is 0.181 e. The SMILES string of the molecule is COc1ccc(CN(C)CCS(=O)(=O)c2cc(Cl)ccc2Cl)c(OC)c1. The molecule has 5 nitrogen and oxygen atoms in total. The molecule has 0 spiro atoms. The zero-order valence-electron chi connectivity index (χ0n) is 14.8. The highest BCUT2D eigenvalue weighted by Gasteiger charge is 2.19. The summed E-state index contributed by atoms with van der Waals surface area (Å²) < 4.78 is 35.7. The summed E-state index contributed by atoms with van der Waals surface area (Å²) in [6.07, 6.45) is 0. The van der Waals surface area contributed by atoms with Gasteiger partial charge in [0.05, 0.1) is 29.9 Å². The first-order valence-corrected chi connectivity index (χ1v) is 10.2. The van der Waals surface area contributed by atoms with Gasteiger partial charge in [-0.05, 0) is 31.3 Å². The van der Waals surface area contributed by atoms with Gasteiger partial charge in [-0.15, -0.1) is 0 Å². The van der Waals surface area contributed by atoms with Crippen molar-refractivity contribution in [3.8, 4) is 11.5 Å². The number of hydrogen-bond acceptors (Lipinski definition) is 5. The van der Waals surface area contributed by atoms with Crippen molar-refractivity contribution >= 4 is 33.0 Å². The molecule has 2 aromatic carbocycles. The zero-order chi connectivity index (χ0) is 19.3. The monoisotopic (exact) mass is 417 g/mol. The molecule has 0 N–H and O–H groups in total. The predicted molar refractivity (Wildman–Crippen MR) is 104 cm³/mol. The van der Waals surface area contributed by atoms with Crippen LogP contribution in [0.3, 0.4) is 0 Å². The van der Waals surface area contributed by atoms with Crippen molar-refractivity contribution in [3.05, 3.63) is 52.0 Å². The van der Waals surface area contributed by atoms with E-state index in [1.165, 1.54) is 12.1 Å². The number of nitrogens with zero attached hydrogens (tertiary/aromatic N) is 1. The van der Waals surface area contributed by atoms with E-state index in [1.807, 2.05) is 24.1 Å². The third kappa shape index (κ3) is 5.27. The third-order valence-corrected chi connectivity index (χ3v) is 6.31.